The number of nitrogens with one attached hydrogen (secondary N) is 2. The second kappa shape index (κ2) is 10.5. The maximum atomic E-state index is 4.25. The summed E-state index contributed by atoms with van der Waals surface area (Å²) in [5, 5.41) is 6.71. The molecule has 0 heterocycles. The molecule has 0 saturated heterocycles. The SMILES string of the molecule is C=CCN(CC=C)C(CNC(=NC)NC(C)C)C(C)C. The molecule has 0 rings (SSSR count). The third-order valence-corrected chi connectivity index (χ3v) is 3.09. The van der Waals surface area contributed by atoms with Crippen LogP contribution in [0.3, 0.4) is 0 Å². The molecular formula is C16H32N4. The van der Waals surface area contributed by atoms with E-state index in [0.717, 1.165) is 25.6 Å². The largest absolute Gasteiger partial charge is 0.355 e. The van der Waals surface area contributed by atoms with E-state index in [1.165, 1.54) is 0 Å². The first-order valence-corrected chi connectivity index (χ1v) is 7.39. The number of aliphatic imine (C=N–C) groups is 1. The Kier molecular flexibility index (Phi) is 9.82. The average molecular weight is 280 g/mol. The minimum atomic E-state index is 0.371. The fourth-order valence-corrected chi connectivity index (χ4v) is 2.13. The van der Waals surface area contributed by atoms with Crippen molar-refractivity contribution in [1.29, 1.82) is 0 Å². The van der Waals surface area contributed by atoms with Crippen molar-refractivity contribution < 1.29 is 0 Å². The fourth-order valence-electron chi connectivity index (χ4n) is 2.13. The second-order valence-electron chi connectivity index (χ2n) is 5.59. The molecule has 20 heavy (non-hydrogen) atoms. The van der Waals surface area contributed by atoms with Gasteiger partial charge in [-0.1, -0.05) is 26.0 Å². The molecule has 0 fully saturated rings. The smallest absolute Gasteiger partial charge is 0.191 e. The van der Waals surface area contributed by atoms with E-state index >= 15 is 0 Å². The highest BCUT2D eigenvalue weighted by Crippen LogP contribution is 2.10. The highest BCUT2D eigenvalue weighted by atomic mass is 15.2. The average Bonchev–Trinajstić information content (AvgIpc) is 2.37. The molecule has 0 spiro atoms. The van der Waals surface area contributed by atoms with Crippen LogP contribution in [0.4, 0.5) is 0 Å². The zero-order valence-electron chi connectivity index (χ0n) is 13.8. The van der Waals surface area contributed by atoms with Crippen molar-refractivity contribution in [1.82, 2.24) is 15.5 Å². The van der Waals surface area contributed by atoms with E-state index in [9.17, 15) is 0 Å². The van der Waals surface area contributed by atoms with Gasteiger partial charge in [0, 0.05) is 38.8 Å². The summed E-state index contributed by atoms with van der Waals surface area (Å²) in [7, 11) is 1.80. The minimum Gasteiger partial charge on any atom is -0.355 e. The molecule has 4 heteroatoms. The molecule has 0 aromatic heterocycles. The van der Waals surface area contributed by atoms with Crippen LogP contribution < -0.4 is 10.6 Å². The highest BCUT2D eigenvalue weighted by molar-refractivity contribution is 5.79. The lowest BCUT2D eigenvalue weighted by molar-refractivity contribution is 0.190. The Morgan fingerprint density at radius 2 is 1.70 bits per heavy atom. The number of guanidine groups is 1. The molecule has 0 aromatic rings. The molecule has 116 valence electrons. The zero-order valence-corrected chi connectivity index (χ0v) is 13.8. The van der Waals surface area contributed by atoms with E-state index < -0.39 is 0 Å². The van der Waals surface area contributed by atoms with Gasteiger partial charge in [0.05, 0.1) is 0 Å². The Morgan fingerprint density at radius 3 is 2.05 bits per heavy atom. The molecule has 0 bridgehead atoms. The van der Waals surface area contributed by atoms with Crippen molar-refractivity contribution in [2.45, 2.75) is 39.8 Å². The van der Waals surface area contributed by atoms with Gasteiger partial charge < -0.3 is 10.6 Å². The Hall–Kier alpha value is -1.29. The Balaban J connectivity index is 4.66. The van der Waals surface area contributed by atoms with E-state index in [1.54, 1.807) is 7.05 Å². The van der Waals surface area contributed by atoms with Crippen LogP contribution in [0.25, 0.3) is 0 Å². The van der Waals surface area contributed by atoms with Crippen molar-refractivity contribution in [3.63, 3.8) is 0 Å². The Morgan fingerprint density at radius 1 is 1.15 bits per heavy atom. The van der Waals surface area contributed by atoms with Gasteiger partial charge in [0.2, 0.25) is 0 Å². The van der Waals surface area contributed by atoms with Gasteiger partial charge in [-0.15, -0.1) is 13.2 Å². The molecule has 1 unspecified atom stereocenters. The molecule has 0 amide bonds. The second-order valence-corrected chi connectivity index (χ2v) is 5.59. The van der Waals surface area contributed by atoms with Crippen LogP contribution in [0.2, 0.25) is 0 Å². The molecule has 0 aromatic carbocycles. The van der Waals surface area contributed by atoms with Gasteiger partial charge in [-0.05, 0) is 19.8 Å². The number of hydrogen-bond acceptors (Lipinski definition) is 2. The standard InChI is InChI=1S/C16H32N4/c1-8-10-20(11-9-2)15(13(3)4)12-18-16(17-7)19-14(5)6/h8-9,13-15H,1-2,10-12H2,3-7H3,(H2,17,18,19). The van der Waals surface area contributed by atoms with E-state index in [0.29, 0.717) is 18.0 Å². The van der Waals surface area contributed by atoms with Crippen LogP contribution in [-0.4, -0.2) is 49.6 Å². The lowest BCUT2D eigenvalue weighted by Gasteiger charge is -2.33. The van der Waals surface area contributed by atoms with Crippen molar-refractivity contribution in [3.05, 3.63) is 25.3 Å². The van der Waals surface area contributed by atoms with Crippen molar-refractivity contribution in [2.24, 2.45) is 10.9 Å². The lowest BCUT2D eigenvalue weighted by atomic mass is 10.0. The van der Waals surface area contributed by atoms with E-state index in [-0.39, 0.29) is 0 Å². The summed E-state index contributed by atoms with van der Waals surface area (Å²) in [6.45, 7) is 19.0. The number of nitrogens with zero attached hydrogens (tertiary/aromatic N) is 2. The first kappa shape index (κ1) is 18.7. The van der Waals surface area contributed by atoms with Gasteiger partial charge >= 0.3 is 0 Å². The predicted molar refractivity (Wildman–Crippen MR) is 90.2 cm³/mol. The third kappa shape index (κ3) is 7.34. The molecule has 2 N–H and O–H groups in total. The minimum absolute atomic E-state index is 0.371. The number of rotatable bonds is 9. The zero-order chi connectivity index (χ0) is 15.5. The summed E-state index contributed by atoms with van der Waals surface area (Å²) >= 11 is 0. The lowest BCUT2D eigenvalue weighted by Crippen LogP contribution is -2.50. The van der Waals surface area contributed by atoms with Gasteiger partial charge in [-0.25, -0.2) is 0 Å². The molecule has 0 aliphatic heterocycles. The maximum Gasteiger partial charge on any atom is 0.191 e. The van der Waals surface area contributed by atoms with Gasteiger partial charge in [0.15, 0.2) is 5.96 Å². The van der Waals surface area contributed by atoms with Crippen molar-refractivity contribution in [3.8, 4) is 0 Å². The van der Waals surface area contributed by atoms with Crippen LogP contribution in [0.15, 0.2) is 30.3 Å². The quantitative estimate of drug-likeness (QED) is 0.387. The predicted octanol–water partition coefficient (Wildman–Crippen LogP) is 2.26. The molecular weight excluding hydrogens is 248 g/mol. The topological polar surface area (TPSA) is 39.7 Å². The molecule has 0 saturated carbocycles. The van der Waals surface area contributed by atoms with E-state index in [4.69, 9.17) is 0 Å². The van der Waals surface area contributed by atoms with Gasteiger partial charge in [-0.2, -0.15) is 0 Å². The summed E-state index contributed by atoms with van der Waals surface area (Å²) in [5.41, 5.74) is 0. The summed E-state index contributed by atoms with van der Waals surface area (Å²) in [6.07, 6.45) is 3.89. The Bertz CT molecular complexity index is 298. The first-order valence-electron chi connectivity index (χ1n) is 7.39. The van der Waals surface area contributed by atoms with Gasteiger partial charge in [0.1, 0.15) is 0 Å². The highest BCUT2D eigenvalue weighted by Gasteiger charge is 2.20. The summed E-state index contributed by atoms with van der Waals surface area (Å²) in [6, 6.07) is 0.785. The molecule has 0 radical (unpaired) electrons. The Labute approximate surface area is 125 Å². The molecule has 0 aliphatic rings. The fraction of sp³-hybridized carbons (Fsp3) is 0.688. The van der Waals surface area contributed by atoms with Gasteiger partial charge in [-0.3, -0.25) is 9.89 Å². The van der Waals surface area contributed by atoms with E-state index in [2.05, 4.69) is 61.4 Å². The number of hydrogen-bond donors (Lipinski definition) is 2. The maximum absolute atomic E-state index is 4.25. The van der Waals surface area contributed by atoms with Crippen molar-refractivity contribution >= 4 is 5.96 Å². The van der Waals surface area contributed by atoms with E-state index in [1.807, 2.05) is 12.2 Å². The summed E-state index contributed by atoms with van der Waals surface area (Å²) in [5.74, 6) is 1.39. The first-order chi connectivity index (χ1) is 9.46. The van der Waals surface area contributed by atoms with Crippen LogP contribution in [0.1, 0.15) is 27.7 Å². The van der Waals surface area contributed by atoms with Crippen molar-refractivity contribution in [2.75, 3.05) is 26.7 Å². The monoisotopic (exact) mass is 280 g/mol. The van der Waals surface area contributed by atoms with Crippen LogP contribution in [-0.2, 0) is 0 Å². The third-order valence-electron chi connectivity index (χ3n) is 3.09. The van der Waals surface area contributed by atoms with Crippen LogP contribution >= 0.6 is 0 Å². The van der Waals surface area contributed by atoms with Crippen LogP contribution in [0, 0.1) is 5.92 Å². The summed E-state index contributed by atoms with van der Waals surface area (Å²) < 4.78 is 0. The molecule has 4 nitrogen and oxygen atoms in total. The molecule has 1 atom stereocenters. The summed E-state index contributed by atoms with van der Waals surface area (Å²) in [4.78, 5) is 6.62. The van der Waals surface area contributed by atoms with Gasteiger partial charge in [0.25, 0.3) is 0 Å². The van der Waals surface area contributed by atoms with Crippen LogP contribution in [0.5, 0.6) is 0 Å². The normalized spacial score (nSPS) is 13.7. The molecule has 0 aliphatic carbocycles.